The van der Waals surface area contributed by atoms with E-state index in [4.69, 9.17) is 0 Å². The molecule has 84 valence electrons. The van der Waals surface area contributed by atoms with E-state index in [0.717, 1.165) is 10.9 Å². The van der Waals surface area contributed by atoms with Crippen molar-refractivity contribution in [2.45, 2.75) is 11.2 Å². The third-order valence-electron chi connectivity index (χ3n) is 2.58. The van der Waals surface area contributed by atoms with Crippen LogP contribution in [0.2, 0.25) is 0 Å². The highest BCUT2D eigenvalue weighted by molar-refractivity contribution is 9.11. The van der Waals surface area contributed by atoms with Crippen LogP contribution in [-0.2, 0) is 9.84 Å². The summed E-state index contributed by atoms with van der Waals surface area (Å²) in [5.41, 5.74) is 0. The van der Waals surface area contributed by atoms with E-state index < -0.39 is 9.84 Å². The van der Waals surface area contributed by atoms with Crippen molar-refractivity contribution in [1.82, 2.24) is 0 Å². The number of sulfone groups is 1. The average molecular weight is 374 g/mol. The average Bonchev–Trinajstić information content (AvgIpc) is 2.71. The summed E-state index contributed by atoms with van der Waals surface area (Å²) >= 11 is 8.74. The van der Waals surface area contributed by atoms with Crippen LogP contribution in [0.15, 0.2) is 15.9 Å². The highest BCUT2D eigenvalue weighted by Gasteiger charge is 2.34. The Morgan fingerprint density at radius 3 is 2.73 bits per heavy atom. The second kappa shape index (κ2) is 4.47. The molecule has 1 aliphatic rings. The van der Waals surface area contributed by atoms with E-state index in [2.05, 4.69) is 31.9 Å². The molecule has 0 N–H and O–H groups in total. The Balaban J connectivity index is 2.17. The fourth-order valence-electron chi connectivity index (χ4n) is 1.77. The molecule has 0 radical (unpaired) electrons. The van der Waals surface area contributed by atoms with E-state index in [9.17, 15) is 8.42 Å². The first-order chi connectivity index (χ1) is 6.99. The van der Waals surface area contributed by atoms with Crippen LogP contribution < -0.4 is 0 Å². The minimum atomic E-state index is -2.79. The topological polar surface area (TPSA) is 34.1 Å². The summed E-state index contributed by atoms with van der Waals surface area (Å²) in [6.45, 7) is 0. The second-order valence-electron chi connectivity index (χ2n) is 3.70. The van der Waals surface area contributed by atoms with Gasteiger partial charge in [-0.1, -0.05) is 15.9 Å². The van der Waals surface area contributed by atoms with Crippen LogP contribution in [-0.4, -0.2) is 19.9 Å². The lowest BCUT2D eigenvalue weighted by atomic mass is 10.0. The molecular weight excluding hydrogens is 364 g/mol. The van der Waals surface area contributed by atoms with Crippen LogP contribution >= 0.6 is 43.2 Å². The van der Waals surface area contributed by atoms with Crippen LogP contribution in [0.5, 0.6) is 0 Å². The molecule has 1 aromatic rings. The molecule has 1 aromatic heterocycles. The number of hydrogen-bond acceptors (Lipinski definition) is 3. The summed E-state index contributed by atoms with van der Waals surface area (Å²) in [5.74, 6) is 0.862. The lowest BCUT2D eigenvalue weighted by Crippen LogP contribution is -2.09. The van der Waals surface area contributed by atoms with Gasteiger partial charge in [0.2, 0.25) is 0 Å². The highest BCUT2D eigenvalue weighted by Crippen LogP contribution is 2.42. The van der Waals surface area contributed by atoms with Gasteiger partial charge in [-0.2, -0.15) is 0 Å². The van der Waals surface area contributed by atoms with Crippen LogP contribution in [0.4, 0.5) is 0 Å². The zero-order valence-electron chi connectivity index (χ0n) is 7.82. The van der Waals surface area contributed by atoms with E-state index in [1.54, 1.807) is 11.3 Å². The lowest BCUT2D eigenvalue weighted by Gasteiger charge is -2.14. The number of alkyl halides is 1. The van der Waals surface area contributed by atoms with Gasteiger partial charge in [0.05, 0.1) is 16.3 Å². The van der Waals surface area contributed by atoms with Crippen LogP contribution in [0.3, 0.4) is 0 Å². The number of rotatable bonds is 2. The SMILES string of the molecule is O=S1(=O)CCC(C(Br)c2sccc2Br)C1. The first kappa shape index (κ1) is 12.1. The van der Waals surface area contributed by atoms with Crippen molar-refractivity contribution in [2.24, 2.45) is 5.92 Å². The Morgan fingerprint density at radius 2 is 2.27 bits per heavy atom. The Labute approximate surface area is 110 Å². The van der Waals surface area contributed by atoms with Crippen molar-refractivity contribution in [1.29, 1.82) is 0 Å². The van der Waals surface area contributed by atoms with Gasteiger partial charge in [0.1, 0.15) is 0 Å². The summed E-state index contributed by atoms with van der Waals surface area (Å²) in [6, 6.07) is 2.00. The van der Waals surface area contributed by atoms with Crippen LogP contribution in [0.1, 0.15) is 16.1 Å². The maximum absolute atomic E-state index is 11.4. The molecule has 0 aromatic carbocycles. The fraction of sp³-hybridized carbons (Fsp3) is 0.556. The molecule has 1 saturated heterocycles. The molecule has 15 heavy (non-hydrogen) atoms. The number of thiophene rings is 1. The van der Waals surface area contributed by atoms with E-state index in [-0.39, 0.29) is 10.7 Å². The number of halogens is 2. The zero-order chi connectivity index (χ0) is 11.1. The zero-order valence-corrected chi connectivity index (χ0v) is 12.6. The van der Waals surface area contributed by atoms with Gasteiger partial charge in [0, 0.05) is 9.35 Å². The van der Waals surface area contributed by atoms with Crippen molar-refractivity contribution in [3.8, 4) is 0 Å². The Morgan fingerprint density at radius 1 is 1.53 bits per heavy atom. The van der Waals surface area contributed by atoms with E-state index in [1.165, 1.54) is 4.88 Å². The minimum absolute atomic E-state index is 0.157. The number of hydrogen-bond donors (Lipinski definition) is 0. The van der Waals surface area contributed by atoms with Crippen molar-refractivity contribution >= 4 is 53.0 Å². The third kappa shape index (κ3) is 2.65. The van der Waals surface area contributed by atoms with Crippen molar-refractivity contribution < 1.29 is 8.42 Å². The van der Waals surface area contributed by atoms with Gasteiger partial charge in [-0.3, -0.25) is 0 Å². The monoisotopic (exact) mass is 372 g/mol. The molecule has 1 aliphatic heterocycles. The van der Waals surface area contributed by atoms with Crippen molar-refractivity contribution in [3.63, 3.8) is 0 Å². The first-order valence-electron chi connectivity index (χ1n) is 4.57. The molecule has 0 spiro atoms. The summed E-state index contributed by atoms with van der Waals surface area (Å²) in [5, 5.41) is 2.01. The van der Waals surface area contributed by atoms with Crippen LogP contribution in [0, 0.1) is 5.92 Å². The standard InChI is InChI=1S/C9H10Br2O2S2/c10-7-1-3-14-9(7)8(11)6-2-4-15(12,13)5-6/h1,3,6,8H,2,4-5H2. The van der Waals surface area contributed by atoms with Gasteiger partial charge in [-0.05, 0) is 39.7 Å². The molecule has 0 bridgehead atoms. The van der Waals surface area contributed by atoms with Gasteiger partial charge in [-0.25, -0.2) is 8.42 Å². The Hall–Kier alpha value is 0.610. The van der Waals surface area contributed by atoms with Gasteiger partial charge in [0.15, 0.2) is 9.84 Å². The molecule has 2 nitrogen and oxygen atoms in total. The summed E-state index contributed by atoms with van der Waals surface area (Å²) < 4.78 is 23.8. The normalized spacial score (nSPS) is 26.7. The second-order valence-corrected chi connectivity index (χ2v) is 8.71. The minimum Gasteiger partial charge on any atom is -0.229 e. The molecule has 2 unspecified atom stereocenters. The van der Waals surface area contributed by atoms with Gasteiger partial charge in [-0.15, -0.1) is 11.3 Å². The molecule has 2 heterocycles. The summed E-state index contributed by atoms with van der Waals surface area (Å²) in [4.78, 5) is 1.35. The first-order valence-corrected chi connectivity index (χ1v) is 8.98. The molecule has 2 atom stereocenters. The lowest BCUT2D eigenvalue weighted by molar-refractivity contribution is 0.582. The van der Waals surface area contributed by atoms with Gasteiger partial charge < -0.3 is 0 Å². The molecule has 0 amide bonds. The maximum atomic E-state index is 11.4. The Kier molecular flexibility index (Phi) is 3.60. The highest BCUT2D eigenvalue weighted by atomic mass is 79.9. The van der Waals surface area contributed by atoms with E-state index in [1.807, 2.05) is 11.4 Å². The predicted octanol–water partition coefficient (Wildman–Crippen LogP) is 3.38. The predicted molar refractivity (Wildman–Crippen MR) is 70.4 cm³/mol. The molecule has 6 heteroatoms. The molecule has 0 aliphatic carbocycles. The third-order valence-corrected chi connectivity index (χ3v) is 7.83. The van der Waals surface area contributed by atoms with Gasteiger partial charge >= 0.3 is 0 Å². The quantitative estimate of drug-likeness (QED) is 0.744. The smallest absolute Gasteiger partial charge is 0.150 e. The summed E-state index contributed by atoms with van der Waals surface area (Å²) in [6.07, 6.45) is 0.766. The maximum Gasteiger partial charge on any atom is 0.150 e. The largest absolute Gasteiger partial charge is 0.229 e. The molecular formula is C9H10Br2O2S2. The fourth-order valence-corrected chi connectivity index (χ4v) is 6.88. The van der Waals surface area contributed by atoms with E-state index in [0.29, 0.717) is 11.5 Å². The summed E-state index contributed by atoms with van der Waals surface area (Å²) in [7, 11) is -2.79. The van der Waals surface area contributed by atoms with Gasteiger partial charge in [0.25, 0.3) is 0 Å². The molecule has 0 saturated carbocycles. The van der Waals surface area contributed by atoms with Crippen LogP contribution in [0.25, 0.3) is 0 Å². The Bertz CT molecular complexity index is 452. The van der Waals surface area contributed by atoms with E-state index >= 15 is 0 Å². The van der Waals surface area contributed by atoms with Crippen molar-refractivity contribution in [2.75, 3.05) is 11.5 Å². The molecule has 1 fully saturated rings. The van der Waals surface area contributed by atoms with Crippen molar-refractivity contribution in [3.05, 3.63) is 20.8 Å². The molecule has 2 rings (SSSR count).